The molecule has 0 heterocycles. The van der Waals surface area contributed by atoms with E-state index in [0.29, 0.717) is 26.3 Å². The summed E-state index contributed by atoms with van der Waals surface area (Å²) in [6.07, 6.45) is 1.56. The molecule has 0 aliphatic rings. The van der Waals surface area contributed by atoms with E-state index in [-0.39, 0.29) is 44.2 Å². The number of rotatable bonds is 12. The molecule has 42 heavy (non-hydrogen) atoms. The molecule has 226 valence electrons. The topological polar surface area (TPSA) is 86.8 Å². The smallest absolute Gasteiger partial charge is 0.243 e. The molecule has 3 rings (SSSR count). The average Bonchev–Trinajstić information content (AvgIpc) is 2.89. The lowest BCUT2D eigenvalue weighted by Gasteiger charge is -2.34. The van der Waals surface area contributed by atoms with Crippen molar-refractivity contribution < 1.29 is 18.0 Å². The summed E-state index contributed by atoms with van der Waals surface area (Å²) >= 11 is 19.0. The minimum absolute atomic E-state index is 0.000617. The summed E-state index contributed by atoms with van der Waals surface area (Å²) in [5.74, 6) is -0.651. The first-order valence-electron chi connectivity index (χ1n) is 13.5. The summed E-state index contributed by atoms with van der Waals surface area (Å²) in [6.45, 7) is 5.68. The number of nitrogens with zero attached hydrogens (tertiary/aromatic N) is 2. The van der Waals surface area contributed by atoms with Crippen LogP contribution in [0.4, 0.5) is 5.69 Å². The van der Waals surface area contributed by atoms with E-state index in [1.165, 1.54) is 9.21 Å². The van der Waals surface area contributed by atoms with E-state index in [2.05, 4.69) is 5.32 Å². The van der Waals surface area contributed by atoms with Gasteiger partial charge >= 0.3 is 0 Å². The Balaban J connectivity index is 1.94. The summed E-state index contributed by atoms with van der Waals surface area (Å²) in [5, 5.41) is 4.25. The van der Waals surface area contributed by atoms with Crippen molar-refractivity contribution in [2.75, 3.05) is 17.1 Å². The Hall–Kier alpha value is -2.78. The van der Waals surface area contributed by atoms with Crippen LogP contribution in [0.3, 0.4) is 0 Å². The van der Waals surface area contributed by atoms with Gasteiger partial charge in [-0.25, -0.2) is 8.42 Å². The molecule has 7 nitrogen and oxygen atoms in total. The number of sulfonamides is 1. The van der Waals surface area contributed by atoms with Gasteiger partial charge in [-0.05, 0) is 69.2 Å². The van der Waals surface area contributed by atoms with Crippen LogP contribution in [0, 0.1) is 0 Å². The molecule has 0 fully saturated rings. The van der Waals surface area contributed by atoms with Crippen LogP contribution in [0.15, 0.2) is 72.8 Å². The van der Waals surface area contributed by atoms with Gasteiger partial charge in [0.1, 0.15) is 6.04 Å². The molecule has 3 aromatic rings. The van der Waals surface area contributed by atoms with E-state index >= 15 is 0 Å². The lowest BCUT2D eigenvalue weighted by molar-refractivity contribution is -0.142. The summed E-state index contributed by atoms with van der Waals surface area (Å²) in [6, 6.07) is 20.1. The van der Waals surface area contributed by atoms with Crippen LogP contribution in [0.5, 0.6) is 0 Å². The van der Waals surface area contributed by atoms with Crippen LogP contribution >= 0.6 is 34.8 Å². The van der Waals surface area contributed by atoms with Gasteiger partial charge in [-0.15, -0.1) is 0 Å². The Morgan fingerprint density at radius 1 is 0.881 bits per heavy atom. The number of carbonyl (C=O) groups excluding carboxylic acids is 2. The van der Waals surface area contributed by atoms with Crippen molar-refractivity contribution >= 4 is 62.3 Å². The largest absolute Gasteiger partial charge is 0.350 e. The fraction of sp³-hybridized carbons (Fsp3) is 0.355. The fourth-order valence-corrected chi connectivity index (χ4v) is 6.08. The number of benzene rings is 3. The highest BCUT2D eigenvalue weighted by Crippen LogP contribution is 2.28. The van der Waals surface area contributed by atoms with E-state index < -0.39 is 21.6 Å². The first-order valence-corrected chi connectivity index (χ1v) is 16.5. The minimum Gasteiger partial charge on any atom is -0.350 e. The highest BCUT2D eigenvalue weighted by Gasteiger charge is 2.33. The van der Waals surface area contributed by atoms with Crippen LogP contribution in [0.2, 0.25) is 15.1 Å². The Bertz CT molecular complexity index is 1460. The molecule has 2 amide bonds. The van der Waals surface area contributed by atoms with Crippen LogP contribution in [-0.2, 0) is 32.6 Å². The number of nitrogens with one attached hydrogen (secondary N) is 1. The van der Waals surface area contributed by atoms with E-state index in [1.807, 2.05) is 51.1 Å². The zero-order valence-corrected chi connectivity index (χ0v) is 27.2. The quantitative estimate of drug-likeness (QED) is 0.235. The van der Waals surface area contributed by atoms with Crippen molar-refractivity contribution in [3.05, 3.63) is 99.0 Å². The lowest BCUT2D eigenvalue weighted by Crippen LogP contribution is -2.54. The highest BCUT2D eigenvalue weighted by molar-refractivity contribution is 7.92. The molecule has 0 aliphatic carbocycles. The molecule has 0 saturated heterocycles. The molecule has 11 heteroatoms. The molecule has 1 atom stereocenters. The molecule has 0 unspecified atom stereocenters. The van der Waals surface area contributed by atoms with E-state index in [9.17, 15) is 18.0 Å². The van der Waals surface area contributed by atoms with Crippen LogP contribution < -0.4 is 9.62 Å². The van der Waals surface area contributed by atoms with Crippen molar-refractivity contribution in [2.45, 2.75) is 58.2 Å². The minimum atomic E-state index is -3.63. The van der Waals surface area contributed by atoms with E-state index in [4.69, 9.17) is 34.8 Å². The number of carbonyl (C=O) groups is 2. The van der Waals surface area contributed by atoms with Gasteiger partial charge in [-0.1, -0.05) is 71.2 Å². The van der Waals surface area contributed by atoms with E-state index in [0.717, 1.165) is 11.8 Å². The van der Waals surface area contributed by atoms with Gasteiger partial charge < -0.3 is 10.2 Å². The second-order valence-corrected chi connectivity index (χ2v) is 14.2. The monoisotopic (exact) mass is 651 g/mol. The molecule has 0 radical (unpaired) electrons. The molecule has 0 bridgehead atoms. The van der Waals surface area contributed by atoms with Crippen LogP contribution in [0.1, 0.15) is 44.7 Å². The van der Waals surface area contributed by atoms with Crippen molar-refractivity contribution in [3.8, 4) is 0 Å². The zero-order chi connectivity index (χ0) is 31.1. The predicted octanol–water partition coefficient (Wildman–Crippen LogP) is 6.75. The highest BCUT2D eigenvalue weighted by atomic mass is 35.5. The molecule has 1 N–H and O–H groups in total. The number of hydrogen-bond donors (Lipinski definition) is 1. The third-order valence-electron chi connectivity index (χ3n) is 6.43. The molecular weight excluding hydrogens is 617 g/mol. The molecule has 0 aromatic heterocycles. The van der Waals surface area contributed by atoms with Crippen molar-refractivity contribution in [1.82, 2.24) is 10.2 Å². The normalized spacial score (nSPS) is 12.5. The van der Waals surface area contributed by atoms with Crippen LogP contribution in [0.25, 0.3) is 0 Å². The third-order valence-corrected chi connectivity index (χ3v) is 8.58. The Kier molecular flexibility index (Phi) is 11.7. The Morgan fingerprint density at radius 2 is 1.48 bits per heavy atom. The first kappa shape index (κ1) is 33.7. The standard InChI is InChI=1S/C31H36Cl3N3O4S/c1-31(2,3)35-30(39)28(20-22-10-6-5-7-11-22)36(21-25-26(33)12-8-13-27(25)34)29(38)14-9-19-37(42(4,40)41)24-17-15-23(32)16-18-24/h5-8,10-13,15-18,28H,9,14,19-21H2,1-4H3,(H,35,39)/t28-/m0/s1. The van der Waals surface area contributed by atoms with E-state index in [1.54, 1.807) is 42.5 Å². The first-order chi connectivity index (χ1) is 19.7. The van der Waals surface area contributed by atoms with Crippen molar-refractivity contribution in [2.24, 2.45) is 0 Å². The summed E-state index contributed by atoms with van der Waals surface area (Å²) < 4.78 is 26.4. The fourth-order valence-electron chi connectivity index (χ4n) is 4.47. The molecular formula is C31H36Cl3N3O4S. The number of anilines is 1. The Morgan fingerprint density at radius 3 is 2.02 bits per heavy atom. The maximum atomic E-state index is 14.0. The maximum absolute atomic E-state index is 14.0. The Labute approximate surface area is 263 Å². The SMILES string of the molecule is CC(C)(C)NC(=O)[C@H](Cc1ccccc1)N(Cc1c(Cl)cccc1Cl)C(=O)CCCN(c1ccc(Cl)cc1)S(C)(=O)=O. The molecule has 0 aliphatic heterocycles. The molecule has 0 spiro atoms. The van der Waals surface area contributed by atoms with Gasteiger partial charge in [0.25, 0.3) is 0 Å². The number of halogens is 3. The number of hydrogen-bond acceptors (Lipinski definition) is 4. The van der Waals surface area contributed by atoms with Gasteiger partial charge in [0, 0.05) is 52.1 Å². The maximum Gasteiger partial charge on any atom is 0.243 e. The number of amides is 2. The third kappa shape index (κ3) is 9.90. The van der Waals surface area contributed by atoms with Gasteiger partial charge in [0.2, 0.25) is 21.8 Å². The molecule has 0 saturated carbocycles. The van der Waals surface area contributed by atoms with Crippen LogP contribution in [-0.4, -0.2) is 49.5 Å². The second-order valence-electron chi connectivity index (χ2n) is 11.1. The van der Waals surface area contributed by atoms with Gasteiger partial charge in [0.05, 0.1) is 11.9 Å². The lowest BCUT2D eigenvalue weighted by atomic mass is 10.00. The van der Waals surface area contributed by atoms with Crippen molar-refractivity contribution in [1.29, 1.82) is 0 Å². The van der Waals surface area contributed by atoms with Gasteiger partial charge in [-0.3, -0.25) is 13.9 Å². The van der Waals surface area contributed by atoms with Gasteiger partial charge in [-0.2, -0.15) is 0 Å². The second kappa shape index (κ2) is 14.6. The zero-order valence-electron chi connectivity index (χ0n) is 24.1. The molecule has 3 aromatic carbocycles. The summed E-state index contributed by atoms with van der Waals surface area (Å²) in [5.41, 5.74) is 1.30. The summed E-state index contributed by atoms with van der Waals surface area (Å²) in [7, 11) is -3.63. The van der Waals surface area contributed by atoms with Gasteiger partial charge in [0.15, 0.2) is 0 Å². The predicted molar refractivity (Wildman–Crippen MR) is 172 cm³/mol. The summed E-state index contributed by atoms with van der Waals surface area (Å²) in [4.78, 5) is 29.2. The average molecular weight is 653 g/mol. The van der Waals surface area contributed by atoms with Crippen molar-refractivity contribution in [3.63, 3.8) is 0 Å².